The van der Waals surface area contributed by atoms with Crippen molar-refractivity contribution >= 4 is 15.9 Å². The van der Waals surface area contributed by atoms with E-state index in [-0.39, 0.29) is 12.6 Å². The van der Waals surface area contributed by atoms with Crippen molar-refractivity contribution < 1.29 is 5.11 Å². The number of rotatable bonds is 4. The third-order valence-corrected chi connectivity index (χ3v) is 2.75. The molecule has 3 heteroatoms. The van der Waals surface area contributed by atoms with Gasteiger partial charge in [-0.2, -0.15) is 0 Å². The van der Waals surface area contributed by atoms with Crippen LogP contribution in [0.5, 0.6) is 0 Å². The summed E-state index contributed by atoms with van der Waals surface area (Å²) in [5, 5.41) is 8.75. The van der Waals surface area contributed by atoms with Crippen molar-refractivity contribution in [3.05, 3.63) is 34.3 Å². The molecule has 0 saturated carbocycles. The zero-order valence-electron chi connectivity index (χ0n) is 7.41. The number of hydrogen-bond acceptors (Lipinski definition) is 2. The van der Waals surface area contributed by atoms with Gasteiger partial charge in [0.25, 0.3) is 0 Å². The highest BCUT2D eigenvalue weighted by Crippen LogP contribution is 2.17. The van der Waals surface area contributed by atoms with Gasteiger partial charge in [0.05, 0.1) is 6.61 Å². The van der Waals surface area contributed by atoms with Crippen molar-refractivity contribution in [3.8, 4) is 0 Å². The molecule has 0 bridgehead atoms. The van der Waals surface area contributed by atoms with Crippen LogP contribution in [0.4, 0.5) is 0 Å². The van der Waals surface area contributed by atoms with Gasteiger partial charge in [-0.1, -0.05) is 34.1 Å². The predicted octanol–water partition coefficient (Wildman–Crippen LogP) is 1.70. The minimum absolute atomic E-state index is 0.0600. The Balaban J connectivity index is 2.50. The Hall–Kier alpha value is -0.380. The number of hydrogen-bond donors (Lipinski definition) is 2. The number of aryl methyl sites for hydroxylation is 1. The summed E-state index contributed by atoms with van der Waals surface area (Å²) in [7, 11) is 0. The van der Waals surface area contributed by atoms with E-state index in [1.54, 1.807) is 0 Å². The maximum absolute atomic E-state index is 8.75. The molecule has 0 spiro atoms. The average molecular weight is 244 g/mol. The summed E-state index contributed by atoms with van der Waals surface area (Å²) in [6, 6.07) is 7.96. The quantitative estimate of drug-likeness (QED) is 0.846. The number of aliphatic hydroxyl groups excluding tert-OH is 1. The smallest absolute Gasteiger partial charge is 0.0582 e. The summed E-state index contributed by atoms with van der Waals surface area (Å²) in [4.78, 5) is 0. The van der Waals surface area contributed by atoms with Crippen LogP contribution in [0.25, 0.3) is 0 Å². The van der Waals surface area contributed by atoms with Gasteiger partial charge in [0.15, 0.2) is 0 Å². The van der Waals surface area contributed by atoms with Crippen LogP contribution in [-0.2, 0) is 6.42 Å². The molecule has 1 rings (SSSR count). The van der Waals surface area contributed by atoms with Crippen LogP contribution in [0.15, 0.2) is 28.7 Å². The van der Waals surface area contributed by atoms with Crippen LogP contribution >= 0.6 is 15.9 Å². The molecule has 0 aliphatic heterocycles. The van der Waals surface area contributed by atoms with Gasteiger partial charge in [0, 0.05) is 10.5 Å². The van der Waals surface area contributed by atoms with E-state index < -0.39 is 0 Å². The van der Waals surface area contributed by atoms with E-state index in [0.717, 1.165) is 17.3 Å². The molecule has 1 atom stereocenters. The monoisotopic (exact) mass is 243 g/mol. The highest BCUT2D eigenvalue weighted by Gasteiger charge is 2.02. The van der Waals surface area contributed by atoms with Crippen molar-refractivity contribution in [3.63, 3.8) is 0 Å². The van der Waals surface area contributed by atoms with Crippen LogP contribution in [0.2, 0.25) is 0 Å². The van der Waals surface area contributed by atoms with E-state index in [0.29, 0.717) is 0 Å². The van der Waals surface area contributed by atoms with E-state index in [1.165, 1.54) is 5.56 Å². The molecule has 0 amide bonds. The molecule has 13 heavy (non-hydrogen) atoms. The van der Waals surface area contributed by atoms with Gasteiger partial charge in [-0.15, -0.1) is 0 Å². The SMILES string of the molecule is NC(CO)CCc1ccccc1Br. The van der Waals surface area contributed by atoms with E-state index in [1.807, 2.05) is 18.2 Å². The van der Waals surface area contributed by atoms with E-state index >= 15 is 0 Å². The number of benzene rings is 1. The zero-order chi connectivity index (χ0) is 9.68. The van der Waals surface area contributed by atoms with Crippen LogP contribution in [-0.4, -0.2) is 17.8 Å². The van der Waals surface area contributed by atoms with E-state index in [9.17, 15) is 0 Å². The Labute approximate surface area is 86.9 Å². The first-order chi connectivity index (χ1) is 6.24. The summed E-state index contributed by atoms with van der Waals surface area (Å²) in [6.07, 6.45) is 1.72. The van der Waals surface area contributed by atoms with Gasteiger partial charge in [-0.3, -0.25) is 0 Å². The second-order valence-corrected chi connectivity index (χ2v) is 3.93. The zero-order valence-corrected chi connectivity index (χ0v) is 9.00. The van der Waals surface area contributed by atoms with Gasteiger partial charge in [-0.05, 0) is 24.5 Å². The third-order valence-electron chi connectivity index (χ3n) is 1.98. The van der Waals surface area contributed by atoms with Crippen molar-refractivity contribution in [2.45, 2.75) is 18.9 Å². The standard InChI is InChI=1S/C10H14BrNO/c11-10-4-2-1-3-8(10)5-6-9(12)7-13/h1-4,9,13H,5-7,12H2. The normalized spacial score (nSPS) is 12.8. The Kier molecular flexibility index (Phi) is 4.42. The van der Waals surface area contributed by atoms with Crippen molar-refractivity contribution in [1.82, 2.24) is 0 Å². The Bertz CT molecular complexity index is 265. The summed E-state index contributed by atoms with van der Waals surface area (Å²) >= 11 is 3.46. The second kappa shape index (κ2) is 5.37. The minimum Gasteiger partial charge on any atom is -0.395 e. The predicted molar refractivity (Wildman–Crippen MR) is 57.5 cm³/mol. The molecule has 0 radical (unpaired) electrons. The van der Waals surface area contributed by atoms with Crippen LogP contribution in [0, 0.1) is 0 Å². The molecule has 0 aliphatic rings. The third kappa shape index (κ3) is 3.46. The van der Waals surface area contributed by atoms with Crippen molar-refractivity contribution in [1.29, 1.82) is 0 Å². The Morgan fingerprint density at radius 2 is 2.08 bits per heavy atom. The fraction of sp³-hybridized carbons (Fsp3) is 0.400. The maximum atomic E-state index is 8.75. The van der Waals surface area contributed by atoms with Crippen LogP contribution in [0.3, 0.4) is 0 Å². The molecule has 1 aromatic rings. The number of halogens is 1. The molecule has 0 fully saturated rings. The molecule has 2 nitrogen and oxygen atoms in total. The molecular formula is C10H14BrNO. The maximum Gasteiger partial charge on any atom is 0.0582 e. The van der Waals surface area contributed by atoms with Gasteiger partial charge >= 0.3 is 0 Å². The lowest BCUT2D eigenvalue weighted by molar-refractivity contribution is 0.260. The topological polar surface area (TPSA) is 46.2 Å². The molecule has 1 unspecified atom stereocenters. The largest absolute Gasteiger partial charge is 0.395 e. The van der Waals surface area contributed by atoms with Crippen molar-refractivity contribution in [2.75, 3.05) is 6.61 Å². The number of nitrogens with two attached hydrogens (primary N) is 1. The highest BCUT2D eigenvalue weighted by molar-refractivity contribution is 9.10. The average Bonchev–Trinajstić information content (AvgIpc) is 2.16. The van der Waals surface area contributed by atoms with Crippen molar-refractivity contribution in [2.24, 2.45) is 5.73 Å². The minimum atomic E-state index is -0.105. The molecule has 3 N–H and O–H groups in total. The first-order valence-corrected chi connectivity index (χ1v) is 5.13. The van der Waals surface area contributed by atoms with E-state index in [4.69, 9.17) is 10.8 Å². The lowest BCUT2D eigenvalue weighted by atomic mass is 10.1. The first-order valence-electron chi connectivity index (χ1n) is 4.34. The summed E-state index contributed by atoms with van der Waals surface area (Å²) in [5.74, 6) is 0. The van der Waals surface area contributed by atoms with E-state index in [2.05, 4.69) is 22.0 Å². The molecular weight excluding hydrogens is 230 g/mol. The molecule has 0 aliphatic carbocycles. The lowest BCUT2D eigenvalue weighted by Crippen LogP contribution is -2.24. The summed E-state index contributed by atoms with van der Waals surface area (Å²) < 4.78 is 1.11. The first kappa shape index (κ1) is 10.7. The molecule has 0 heterocycles. The summed E-state index contributed by atoms with van der Waals surface area (Å²) in [6.45, 7) is 0.0600. The summed E-state index contributed by atoms with van der Waals surface area (Å²) in [5.41, 5.74) is 6.85. The van der Waals surface area contributed by atoms with Gasteiger partial charge in [0.1, 0.15) is 0 Å². The van der Waals surface area contributed by atoms with Gasteiger partial charge < -0.3 is 10.8 Å². The Morgan fingerprint density at radius 1 is 1.38 bits per heavy atom. The van der Waals surface area contributed by atoms with Crippen LogP contribution < -0.4 is 5.73 Å². The molecule has 0 aromatic heterocycles. The number of aliphatic hydroxyl groups is 1. The van der Waals surface area contributed by atoms with Crippen LogP contribution in [0.1, 0.15) is 12.0 Å². The lowest BCUT2D eigenvalue weighted by Gasteiger charge is -2.08. The molecule has 1 aromatic carbocycles. The fourth-order valence-corrected chi connectivity index (χ4v) is 1.62. The molecule has 0 saturated heterocycles. The second-order valence-electron chi connectivity index (χ2n) is 3.07. The van der Waals surface area contributed by atoms with Gasteiger partial charge in [-0.25, -0.2) is 0 Å². The highest BCUT2D eigenvalue weighted by atomic mass is 79.9. The van der Waals surface area contributed by atoms with Gasteiger partial charge in [0.2, 0.25) is 0 Å². The fourth-order valence-electron chi connectivity index (χ4n) is 1.13. The molecule has 72 valence electrons. The Morgan fingerprint density at radius 3 is 2.69 bits per heavy atom.